The minimum absolute atomic E-state index is 0.00828. The SMILES string of the molecule is COCCOC[C@H]1CN(CC2CC2)C(=O)c2c(O)c(=O)c(-c3ncc(CC4=CC=C(F)CC4)s3)cn21. The van der Waals surface area contributed by atoms with E-state index < -0.39 is 11.2 Å². The van der Waals surface area contributed by atoms with E-state index in [0.29, 0.717) is 63.1 Å². The topological polar surface area (TPSA) is 93.9 Å². The van der Waals surface area contributed by atoms with Crippen LogP contribution >= 0.6 is 11.3 Å². The molecule has 10 heteroatoms. The maximum atomic E-state index is 13.3. The van der Waals surface area contributed by atoms with Crippen molar-refractivity contribution in [2.45, 2.75) is 38.1 Å². The van der Waals surface area contributed by atoms with Gasteiger partial charge in [0.2, 0.25) is 5.43 Å². The predicted molar refractivity (Wildman–Crippen MR) is 134 cm³/mol. The number of hydrogen-bond donors (Lipinski definition) is 1. The van der Waals surface area contributed by atoms with Gasteiger partial charge in [0.05, 0.1) is 31.4 Å². The van der Waals surface area contributed by atoms with Gasteiger partial charge in [-0.2, -0.15) is 0 Å². The molecule has 3 heterocycles. The van der Waals surface area contributed by atoms with Crippen LogP contribution in [0.25, 0.3) is 10.6 Å². The molecule has 1 fully saturated rings. The number of halogens is 1. The Hall–Kier alpha value is -2.82. The molecular formula is C26H30FN3O5S. The Balaban J connectivity index is 1.45. The van der Waals surface area contributed by atoms with Gasteiger partial charge < -0.3 is 24.0 Å². The highest BCUT2D eigenvalue weighted by atomic mass is 32.1. The highest BCUT2D eigenvalue weighted by Crippen LogP contribution is 2.35. The zero-order chi connectivity index (χ0) is 25.2. The van der Waals surface area contributed by atoms with Crippen molar-refractivity contribution in [1.29, 1.82) is 0 Å². The lowest BCUT2D eigenvalue weighted by Crippen LogP contribution is -2.46. The number of amides is 1. The summed E-state index contributed by atoms with van der Waals surface area (Å²) < 4.78 is 25.8. The summed E-state index contributed by atoms with van der Waals surface area (Å²) in [7, 11) is 1.60. The van der Waals surface area contributed by atoms with Crippen LogP contribution in [-0.2, 0) is 15.9 Å². The summed E-state index contributed by atoms with van der Waals surface area (Å²) in [6, 6.07) is -0.257. The molecule has 1 saturated carbocycles. The van der Waals surface area contributed by atoms with E-state index in [9.17, 15) is 19.1 Å². The van der Waals surface area contributed by atoms with Gasteiger partial charge in [0.25, 0.3) is 5.91 Å². The van der Waals surface area contributed by atoms with Crippen LogP contribution < -0.4 is 5.43 Å². The van der Waals surface area contributed by atoms with Gasteiger partial charge in [-0.05, 0) is 31.3 Å². The van der Waals surface area contributed by atoms with Gasteiger partial charge in [0.15, 0.2) is 11.4 Å². The van der Waals surface area contributed by atoms with E-state index in [1.165, 1.54) is 17.4 Å². The van der Waals surface area contributed by atoms with E-state index >= 15 is 0 Å². The number of rotatable bonds is 10. The van der Waals surface area contributed by atoms with E-state index in [4.69, 9.17) is 9.47 Å². The van der Waals surface area contributed by atoms with E-state index in [2.05, 4.69) is 4.98 Å². The van der Waals surface area contributed by atoms with Crippen molar-refractivity contribution in [3.8, 4) is 16.3 Å². The van der Waals surface area contributed by atoms with E-state index in [-0.39, 0.29) is 29.0 Å². The van der Waals surface area contributed by atoms with Crippen LogP contribution in [0.15, 0.2) is 40.7 Å². The number of fused-ring (bicyclic) bond motifs is 1. The van der Waals surface area contributed by atoms with Crippen molar-refractivity contribution in [2.75, 3.05) is 40.0 Å². The Morgan fingerprint density at radius 1 is 1.22 bits per heavy atom. The summed E-state index contributed by atoms with van der Waals surface area (Å²) in [6.07, 6.45) is 10.5. The lowest BCUT2D eigenvalue weighted by Gasteiger charge is -2.36. The lowest BCUT2D eigenvalue weighted by atomic mass is 10.0. The first kappa shape index (κ1) is 24.9. The second-order valence-electron chi connectivity index (χ2n) is 9.60. The molecular weight excluding hydrogens is 485 g/mol. The normalized spacial score (nSPS) is 19.8. The summed E-state index contributed by atoms with van der Waals surface area (Å²) in [4.78, 5) is 33.6. The third-order valence-electron chi connectivity index (χ3n) is 6.81. The standard InChI is InChI=1S/C26H30FN3O5S/c1-34-8-9-35-15-19-13-29(12-17-2-3-17)26(33)22-24(32)23(31)21(14-30(19)22)25-28-11-20(36-25)10-16-4-6-18(27)7-5-16/h4,6,11,14,17,19,32H,2-3,5,7-10,12-13,15H2,1H3/t19-/m1/s1. The van der Waals surface area contributed by atoms with Gasteiger partial charge in [0, 0.05) is 50.3 Å². The van der Waals surface area contributed by atoms with Gasteiger partial charge in [0.1, 0.15) is 10.8 Å². The maximum absolute atomic E-state index is 13.3. The monoisotopic (exact) mass is 515 g/mol. The van der Waals surface area contributed by atoms with Crippen molar-refractivity contribution in [2.24, 2.45) is 5.92 Å². The molecule has 2 aliphatic carbocycles. The van der Waals surface area contributed by atoms with Crippen LogP contribution in [0.1, 0.15) is 47.1 Å². The molecule has 0 aromatic carbocycles. The highest BCUT2D eigenvalue weighted by Gasteiger charge is 2.37. The fraction of sp³-hybridized carbons (Fsp3) is 0.500. The molecule has 2 aromatic heterocycles. The number of methoxy groups -OCH3 is 1. The average Bonchev–Trinajstić information content (AvgIpc) is 3.57. The number of aromatic hydroxyl groups is 1. The largest absolute Gasteiger partial charge is 0.503 e. The quantitative estimate of drug-likeness (QED) is 0.483. The Morgan fingerprint density at radius 3 is 2.78 bits per heavy atom. The van der Waals surface area contributed by atoms with E-state index in [1.807, 2.05) is 0 Å². The molecule has 1 atom stereocenters. The Labute approximate surface area is 212 Å². The van der Waals surface area contributed by atoms with Crippen LogP contribution in [0.2, 0.25) is 0 Å². The summed E-state index contributed by atoms with van der Waals surface area (Å²) in [6.45, 7) is 2.23. The first-order chi connectivity index (χ1) is 17.4. The van der Waals surface area contributed by atoms with Crippen LogP contribution in [0.4, 0.5) is 4.39 Å². The molecule has 8 nitrogen and oxygen atoms in total. The second kappa shape index (κ2) is 10.7. The minimum atomic E-state index is -0.607. The molecule has 1 amide bonds. The summed E-state index contributed by atoms with van der Waals surface area (Å²) in [5.74, 6) is -0.524. The number of carbonyl (C=O) groups excluding carboxylic acids is 1. The zero-order valence-electron chi connectivity index (χ0n) is 20.2. The first-order valence-electron chi connectivity index (χ1n) is 12.3. The van der Waals surface area contributed by atoms with Crippen LogP contribution in [-0.4, -0.2) is 65.5 Å². The number of hydrogen-bond acceptors (Lipinski definition) is 7. The molecule has 2 aromatic rings. The maximum Gasteiger partial charge on any atom is 0.274 e. The number of thiazole rings is 1. The fourth-order valence-electron chi connectivity index (χ4n) is 4.65. The highest BCUT2D eigenvalue weighted by molar-refractivity contribution is 7.15. The minimum Gasteiger partial charge on any atom is -0.503 e. The van der Waals surface area contributed by atoms with Crippen molar-refractivity contribution in [1.82, 2.24) is 14.5 Å². The molecule has 1 N–H and O–H groups in total. The van der Waals surface area contributed by atoms with Gasteiger partial charge in [-0.25, -0.2) is 9.37 Å². The molecule has 3 aliphatic rings. The third-order valence-corrected chi connectivity index (χ3v) is 7.84. The first-order valence-corrected chi connectivity index (χ1v) is 13.1. The van der Waals surface area contributed by atoms with E-state index in [0.717, 1.165) is 23.3 Å². The molecule has 0 saturated heterocycles. The molecule has 5 rings (SSSR count). The second-order valence-corrected chi connectivity index (χ2v) is 10.7. The van der Waals surface area contributed by atoms with Crippen LogP contribution in [0.5, 0.6) is 5.75 Å². The average molecular weight is 516 g/mol. The molecule has 0 bridgehead atoms. The molecule has 0 spiro atoms. The van der Waals surface area contributed by atoms with E-state index in [1.54, 1.807) is 35.0 Å². The fourth-order valence-corrected chi connectivity index (χ4v) is 5.62. The summed E-state index contributed by atoms with van der Waals surface area (Å²) in [5, 5.41) is 11.4. The van der Waals surface area contributed by atoms with Crippen molar-refractivity contribution >= 4 is 17.2 Å². The zero-order valence-corrected chi connectivity index (χ0v) is 21.1. The predicted octanol–water partition coefficient (Wildman–Crippen LogP) is 3.86. The van der Waals surface area contributed by atoms with Crippen molar-refractivity contribution < 1.29 is 23.8 Å². The van der Waals surface area contributed by atoms with Gasteiger partial charge in [-0.1, -0.05) is 11.6 Å². The van der Waals surface area contributed by atoms with Crippen molar-refractivity contribution in [3.05, 3.63) is 56.7 Å². The molecule has 192 valence electrons. The third kappa shape index (κ3) is 5.30. The smallest absolute Gasteiger partial charge is 0.274 e. The molecule has 0 unspecified atom stereocenters. The number of carbonyl (C=O) groups is 1. The van der Waals surface area contributed by atoms with Gasteiger partial charge in [-0.3, -0.25) is 9.59 Å². The molecule has 0 radical (unpaired) electrons. The Bertz CT molecular complexity index is 1260. The van der Waals surface area contributed by atoms with Crippen molar-refractivity contribution in [3.63, 3.8) is 0 Å². The number of pyridine rings is 1. The molecule has 36 heavy (non-hydrogen) atoms. The summed E-state index contributed by atoms with van der Waals surface area (Å²) in [5.41, 5.74) is 0.756. The van der Waals surface area contributed by atoms with Gasteiger partial charge >= 0.3 is 0 Å². The van der Waals surface area contributed by atoms with Crippen LogP contribution in [0, 0.1) is 5.92 Å². The van der Waals surface area contributed by atoms with Crippen LogP contribution in [0.3, 0.4) is 0 Å². The molecule has 1 aliphatic heterocycles. The Kier molecular flexibility index (Phi) is 7.36. The number of ether oxygens (including phenoxy) is 2. The van der Waals surface area contributed by atoms with Gasteiger partial charge in [-0.15, -0.1) is 11.3 Å². The summed E-state index contributed by atoms with van der Waals surface area (Å²) >= 11 is 1.36. The number of aromatic nitrogens is 2. The Morgan fingerprint density at radius 2 is 2.06 bits per heavy atom. The number of allylic oxidation sites excluding steroid dienone is 4. The lowest BCUT2D eigenvalue weighted by molar-refractivity contribution is 0.0334. The number of nitrogens with zero attached hydrogens (tertiary/aromatic N) is 3.